The van der Waals surface area contributed by atoms with Crippen LogP contribution < -0.4 is 14.8 Å². The van der Waals surface area contributed by atoms with E-state index in [1.54, 1.807) is 14.2 Å². The van der Waals surface area contributed by atoms with Crippen LogP contribution in [0.5, 0.6) is 11.5 Å². The molecule has 0 atom stereocenters. The van der Waals surface area contributed by atoms with Crippen molar-refractivity contribution in [1.82, 2.24) is 10.2 Å². The third kappa shape index (κ3) is 5.77. The Labute approximate surface area is 161 Å². The van der Waals surface area contributed by atoms with Gasteiger partial charge < -0.3 is 24.4 Å². The molecule has 1 heterocycles. The number of likely N-dealkylation sites (tertiary alicyclic amines) is 1. The Balaban J connectivity index is 1.90. The van der Waals surface area contributed by atoms with E-state index in [2.05, 4.69) is 15.2 Å². The molecule has 1 N–H and O–H groups in total. The number of guanidine groups is 1. The molecular formula is C20H31N3O4. The minimum atomic E-state index is -0.0819. The number of hydrogen-bond donors (Lipinski definition) is 1. The van der Waals surface area contributed by atoms with Gasteiger partial charge in [0.1, 0.15) is 0 Å². The maximum atomic E-state index is 11.9. The number of benzene rings is 1. The average Bonchev–Trinajstić information content (AvgIpc) is 2.70. The first-order valence-corrected chi connectivity index (χ1v) is 9.54. The first kappa shape index (κ1) is 20.9. The van der Waals surface area contributed by atoms with Crippen molar-refractivity contribution < 1.29 is 19.0 Å². The number of rotatable bonds is 7. The summed E-state index contributed by atoms with van der Waals surface area (Å²) in [6.45, 7) is 7.04. The van der Waals surface area contributed by atoms with E-state index in [9.17, 15) is 4.79 Å². The molecule has 0 radical (unpaired) electrons. The standard InChI is InChI=1S/C20H31N3O4/c1-5-26-17-8-7-15(13-18(17)25-4)14-22-20(21-3)23-11-9-16(10-12-23)19(24)27-6-2/h7-8,13,16H,5-6,9-12,14H2,1-4H3,(H,21,22). The Morgan fingerprint density at radius 3 is 2.56 bits per heavy atom. The van der Waals surface area contributed by atoms with E-state index < -0.39 is 0 Å². The van der Waals surface area contributed by atoms with Crippen LogP contribution in [-0.4, -0.2) is 57.3 Å². The predicted molar refractivity (Wildman–Crippen MR) is 105 cm³/mol. The summed E-state index contributed by atoms with van der Waals surface area (Å²) in [5.41, 5.74) is 1.08. The maximum Gasteiger partial charge on any atom is 0.309 e. The van der Waals surface area contributed by atoms with Crippen molar-refractivity contribution in [3.05, 3.63) is 23.8 Å². The number of ether oxygens (including phenoxy) is 3. The monoisotopic (exact) mass is 377 g/mol. The predicted octanol–water partition coefficient (Wildman–Crippen LogP) is 2.44. The van der Waals surface area contributed by atoms with Gasteiger partial charge in [-0.15, -0.1) is 0 Å². The summed E-state index contributed by atoms with van der Waals surface area (Å²) in [5.74, 6) is 2.22. The molecule has 27 heavy (non-hydrogen) atoms. The normalized spacial score (nSPS) is 15.4. The second-order valence-corrected chi connectivity index (χ2v) is 6.33. The molecule has 1 aromatic rings. The first-order chi connectivity index (χ1) is 13.1. The summed E-state index contributed by atoms with van der Waals surface area (Å²) < 4.78 is 16.1. The molecule has 150 valence electrons. The molecule has 7 nitrogen and oxygen atoms in total. The Morgan fingerprint density at radius 1 is 1.22 bits per heavy atom. The average molecular weight is 377 g/mol. The number of aliphatic imine (C=N–C) groups is 1. The van der Waals surface area contributed by atoms with Gasteiger partial charge >= 0.3 is 5.97 Å². The second kappa shape index (κ2) is 10.6. The van der Waals surface area contributed by atoms with Crippen LogP contribution in [0, 0.1) is 5.92 Å². The molecular weight excluding hydrogens is 346 g/mol. The minimum absolute atomic E-state index is 0.00493. The molecule has 1 aliphatic heterocycles. The quantitative estimate of drug-likeness (QED) is 0.447. The summed E-state index contributed by atoms with van der Waals surface area (Å²) >= 11 is 0. The van der Waals surface area contributed by atoms with Crippen molar-refractivity contribution >= 4 is 11.9 Å². The number of carbonyl (C=O) groups excluding carboxylic acids is 1. The Bertz CT molecular complexity index is 640. The second-order valence-electron chi connectivity index (χ2n) is 6.33. The molecule has 1 aromatic carbocycles. The third-order valence-corrected chi connectivity index (χ3v) is 4.60. The minimum Gasteiger partial charge on any atom is -0.493 e. The van der Waals surface area contributed by atoms with Crippen molar-refractivity contribution in [3.8, 4) is 11.5 Å². The molecule has 1 fully saturated rings. The topological polar surface area (TPSA) is 72.4 Å². The molecule has 0 saturated carbocycles. The van der Waals surface area contributed by atoms with Gasteiger partial charge in [-0.1, -0.05) is 6.07 Å². The van der Waals surface area contributed by atoms with Crippen LogP contribution in [0.15, 0.2) is 23.2 Å². The highest BCUT2D eigenvalue weighted by molar-refractivity contribution is 5.80. The van der Waals surface area contributed by atoms with Gasteiger partial charge in [0.25, 0.3) is 0 Å². The fourth-order valence-electron chi connectivity index (χ4n) is 3.20. The van der Waals surface area contributed by atoms with Crippen LogP contribution in [0.3, 0.4) is 0 Å². The zero-order valence-corrected chi connectivity index (χ0v) is 16.8. The molecule has 2 rings (SSSR count). The van der Waals surface area contributed by atoms with Crippen LogP contribution >= 0.6 is 0 Å². The molecule has 0 spiro atoms. The fraction of sp³-hybridized carbons (Fsp3) is 0.600. The highest BCUT2D eigenvalue weighted by Gasteiger charge is 2.27. The Kier molecular flexibility index (Phi) is 8.23. The summed E-state index contributed by atoms with van der Waals surface area (Å²) in [4.78, 5) is 18.4. The van der Waals surface area contributed by atoms with Crippen molar-refractivity contribution in [2.75, 3.05) is 40.5 Å². The first-order valence-electron chi connectivity index (χ1n) is 9.54. The van der Waals surface area contributed by atoms with E-state index in [4.69, 9.17) is 14.2 Å². The lowest BCUT2D eigenvalue weighted by molar-refractivity contribution is -0.149. The molecule has 1 aliphatic rings. The smallest absolute Gasteiger partial charge is 0.309 e. The van der Waals surface area contributed by atoms with Gasteiger partial charge in [-0.3, -0.25) is 9.79 Å². The van der Waals surface area contributed by atoms with E-state index in [1.807, 2.05) is 32.0 Å². The van der Waals surface area contributed by atoms with E-state index in [-0.39, 0.29) is 11.9 Å². The molecule has 7 heteroatoms. The lowest BCUT2D eigenvalue weighted by Crippen LogP contribution is -2.46. The Hall–Kier alpha value is -2.44. The van der Waals surface area contributed by atoms with Crippen LogP contribution in [0.25, 0.3) is 0 Å². The van der Waals surface area contributed by atoms with Crippen molar-refractivity contribution in [1.29, 1.82) is 0 Å². The van der Waals surface area contributed by atoms with Crippen molar-refractivity contribution in [2.45, 2.75) is 33.2 Å². The number of nitrogens with zero attached hydrogens (tertiary/aromatic N) is 2. The number of methoxy groups -OCH3 is 1. The van der Waals surface area contributed by atoms with Gasteiger partial charge in [0.2, 0.25) is 0 Å². The summed E-state index contributed by atoms with van der Waals surface area (Å²) in [7, 11) is 3.42. The number of hydrogen-bond acceptors (Lipinski definition) is 5. The number of carbonyl (C=O) groups is 1. The summed E-state index contributed by atoms with van der Waals surface area (Å²) in [6, 6.07) is 5.91. The largest absolute Gasteiger partial charge is 0.493 e. The lowest BCUT2D eigenvalue weighted by Gasteiger charge is -2.33. The fourth-order valence-corrected chi connectivity index (χ4v) is 3.20. The highest BCUT2D eigenvalue weighted by atomic mass is 16.5. The van der Waals surface area contributed by atoms with Gasteiger partial charge in [0.15, 0.2) is 17.5 Å². The molecule has 0 unspecified atom stereocenters. The van der Waals surface area contributed by atoms with Crippen LogP contribution in [0.2, 0.25) is 0 Å². The number of piperidine rings is 1. The SMILES string of the molecule is CCOC(=O)C1CCN(C(=NC)NCc2ccc(OCC)c(OC)c2)CC1. The molecule has 0 aliphatic carbocycles. The highest BCUT2D eigenvalue weighted by Crippen LogP contribution is 2.28. The van der Waals surface area contributed by atoms with Gasteiger partial charge in [-0.05, 0) is 44.4 Å². The van der Waals surface area contributed by atoms with Gasteiger partial charge in [0, 0.05) is 26.7 Å². The maximum absolute atomic E-state index is 11.9. The lowest BCUT2D eigenvalue weighted by atomic mass is 9.97. The Morgan fingerprint density at radius 2 is 1.96 bits per heavy atom. The summed E-state index contributed by atoms with van der Waals surface area (Å²) in [6.07, 6.45) is 1.58. The van der Waals surface area contributed by atoms with Gasteiger partial charge in [-0.2, -0.15) is 0 Å². The summed E-state index contributed by atoms with van der Waals surface area (Å²) in [5, 5.41) is 3.39. The third-order valence-electron chi connectivity index (χ3n) is 4.60. The van der Waals surface area contributed by atoms with E-state index in [1.165, 1.54) is 0 Å². The molecule has 0 bridgehead atoms. The van der Waals surface area contributed by atoms with Crippen molar-refractivity contribution in [3.63, 3.8) is 0 Å². The van der Waals surface area contributed by atoms with Gasteiger partial charge in [0.05, 0.1) is 26.2 Å². The van der Waals surface area contributed by atoms with E-state index in [0.29, 0.717) is 19.8 Å². The van der Waals surface area contributed by atoms with Crippen LogP contribution in [0.4, 0.5) is 0 Å². The molecule has 0 amide bonds. The zero-order chi connectivity index (χ0) is 19.6. The van der Waals surface area contributed by atoms with Crippen LogP contribution in [-0.2, 0) is 16.1 Å². The molecule has 1 saturated heterocycles. The van der Waals surface area contributed by atoms with Crippen molar-refractivity contribution in [2.24, 2.45) is 10.9 Å². The zero-order valence-electron chi connectivity index (χ0n) is 16.8. The van der Waals surface area contributed by atoms with Gasteiger partial charge in [-0.25, -0.2) is 0 Å². The number of esters is 1. The number of nitrogens with one attached hydrogen (secondary N) is 1. The van der Waals surface area contributed by atoms with Crippen LogP contribution in [0.1, 0.15) is 32.3 Å². The van der Waals surface area contributed by atoms with E-state index in [0.717, 1.165) is 49.0 Å². The van der Waals surface area contributed by atoms with E-state index >= 15 is 0 Å². The molecule has 0 aromatic heterocycles.